The number of phenols is 1. The van der Waals surface area contributed by atoms with Gasteiger partial charge in [0.05, 0.1) is 39.6 Å². The highest BCUT2D eigenvalue weighted by molar-refractivity contribution is 5.99. The minimum atomic E-state index is -0.593. The van der Waals surface area contributed by atoms with E-state index in [0.29, 0.717) is 25.9 Å². The SMILES string of the molecule is C[N+](C)(C)CCCCNC(=O)[C@@H]1C[C@@H]2C(=O)N3CCC[C@H]3C(=O)N2[C@@H]1c1ccc(O)cc1. The molecule has 8 heteroatoms. The van der Waals surface area contributed by atoms with E-state index >= 15 is 0 Å². The molecule has 32 heavy (non-hydrogen) atoms. The summed E-state index contributed by atoms with van der Waals surface area (Å²) in [5.74, 6) is -0.554. The van der Waals surface area contributed by atoms with Crippen LogP contribution in [0.4, 0.5) is 0 Å². The van der Waals surface area contributed by atoms with Crippen molar-refractivity contribution in [3.05, 3.63) is 29.8 Å². The smallest absolute Gasteiger partial charge is 0.246 e. The van der Waals surface area contributed by atoms with Gasteiger partial charge in [-0.25, -0.2) is 0 Å². The molecule has 0 aliphatic carbocycles. The highest BCUT2D eigenvalue weighted by Gasteiger charge is 2.57. The van der Waals surface area contributed by atoms with Crippen LogP contribution in [-0.4, -0.2) is 90.0 Å². The molecule has 0 spiro atoms. The fraction of sp³-hybridized carbons (Fsp3) is 0.625. The van der Waals surface area contributed by atoms with Gasteiger partial charge < -0.3 is 24.7 Å². The Bertz CT molecular complexity index is 879. The number of carbonyl (C=O) groups excluding carboxylic acids is 3. The highest BCUT2D eigenvalue weighted by Crippen LogP contribution is 2.46. The quantitative estimate of drug-likeness (QED) is 0.490. The van der Waals surface area contributed by atoms with E-state index in [1.54, 1.807) is 34.1 Å². The van der Waals surface area contributed by atoms with E-state index in [-0.39, 0.29) is 23.5 Å². The number of aromatic hydroxyl groups is 1. The Kier molecular flexibility index (Phi) is 6.16. The van der Waals surface area contributed by atoms with Crippen LogP contribution in [0.15, 0.2) is 24.3 Å². The first-order valence-electron chi connectivity index (χ1n) is 11.7. The van der Waals surface area contributed by atoms with Crippen molar-refractivity contribution in [2.45, 2.75) is 50.2 Å². The monoisotopic (exact) mass is 443 g/mol. The summed E-state index contributed by atoms with van der Waals surface area (Å²) in [5.41, 5.74) is 0.781. The lowest BCUT2D eigenvalue weighted by atomic mass is 9.92. The van der Waals surface area contributed by atoms with Gasteiger partial charge in [0.1, 0.15) is 17.8 Å². The number of carbonyl (C=O) groups is 3. The first-order chi connectivity index (χ1) is 15.2. The van der Waals surface area contributed by atoms with Gasteiger partial charge in [0, 0.05) is 13.1 Å². The maximum atomic E-state index is 13.4. The number of rotatable bonds is 7. The van der Waals surface area contributed by atoms with Crippen LogP contribution in [0.25, 0.3) is 0 Å². The Morgan fingerprint density at radius 2 is 1.81 bits per heavy atom. The molecule has 0 aromatic heterocycles. The van der Waals surface area contributed by atoms with E-state index < -0.39 is 24.0 Å². The lowest BCUT2D eigenvalue weighted by Crippen LogP contribution is -2.60. The summed E-state index contributed by atoms with van der Waals surface area (Å²) < 4.78 is 0.887. The number of fused-ring (bicyclic) bond motifs is 2. The minimum Gasteiger partial charge on any atom is -0.508 e. The third kappa shape index (κ3) is 4.33. The van der Waals surface area contributed by atoms with Crippen LogP contribution >= 0.6 is 0 Å². The Labute approximate surface area is 189 Å². The van der Waals surface area contributed by atoms with Gasteiger partial charge in [0.2, 0.25) is 17.7 Å². The minimum absolute atomic E-state index is 0.0332. The third-order valence-electron chi connectivity index (χ3n) is 6.98. The molecule has 4 rings (SSSR count). The molecule has 3 saturated heterocycles. The van der Waals surface area contributed by atoms with E-state index in [1.807, 2.05) is 0 Å². The van der Waals surface area contributed by atoms with Crippen molar-refractivity contribution in [1.29, 1.82) is 0 Å². The predicted octanol–water partition coefficient (Wildman–Crippen LogP) is 1.26. The van der Waals surface area contributed by atoms with E-state index in [0.717, 1.165) is 35.9 Å². The van der Waals surface area contributed by atoms with Crippen molar-refractivity contribution in [1.82, 2.24) is 15.1 Å². The highest BCUT2D eigenvalue weighted by atomic mass is 16.3. The predicted molar refractivity (Wildman–Crippen MR) is 119 cm³/mol. The van der Waals surface area contributed by atoms with Crippen molar-refractivity contribution in [2.24, 2.45) is 5.92 Å². The molecule has 0 bridgehead atoms. The molecule has 3 aliphatic rings. The first kappa shape index (κ1) is 22.6. The number of benzene rings is 1. The van der Waals surface area contributed by atoms with Crippen LogP contribution < -0.4 is 5.32 Å². The van der Waals surface area contributed by atoms with E-state index in [1.165, 1.54) is 0 Å². The molecule has 0 unspecified atom stereocenters. The van der Waals surface area contributed by atoms with Gasteiger partial charge in [-0.15, -0.1) is 0 Å². The van der Waals surface area contributed by atoms with Gasteiger partial charge in [-0.05, 0) is 49.8 Å². The molecule has 3 amide bonds. The lowest BCUT2D eigenvalue weighted by molar-refractivity contribution is -0.870. The molecular formula is C24H35N4O4+. The van der Waals surface area contributed by atoms with Gasteiger partial charge in [-0.1, -0.05) is 12.1 Å². The first-order valence-corrected chi connectivity index (χ1v) is 11.7. The number of hydrogen-bond donors (Lipinski definition) is 2. The summed E-state index contributed by atoms with van der Waals surface area (Å²) in [4.78, 5) is 43.2. The zero-order chi connectivity index (χ0) is 23.0. The molecule has 8 nitrogen and oxygen atoms in total. The number of nitrogens with zero attached hydrogens (tertiary/aromatic N) is 3. The fourth-order valence-corrected chi connectivity index (χ4v) is 5.40. The van der Waals surface area contributed by atoms with Gasteiger partial charge in [0.25, 0.3) is 0 Å². The second-order valence-corrected chi connectivity index (χ2v) is 10.3. The molecule has 3 heterocycles. The van der Waals surface area contributed by atoms with Gasteiger partial charge in [-0.2, -0.15) is 0 Å². The molecule has 0 radical (unpaired) electrons. The summed E-state index contributed by atoms with van der Waals surface area (Å²) in [6.45, 7) is 2.23. The Morgan fingerprint density at radius 1 is 1.09 bits per heavy atom. The standard InChI is InChI=1S/C24H34N4O4/c1-28(2,3)14-5-4-12-25-22(30)18-15-20-23(31)26-13-6-7-19(26)24(32)27(20)21(18)16-8-10-17(29)11-9-16/h8-11,18-21H,4-7,12-15H2,1-3H3,(H-,25,29,30)/p+1/t18-,19+,20-,21-/m1/s1. The van der Waals surface area contributed by atoms with Crippen LogP contribution in [-0.2, 0) is 14.4 Å². The van der Waals surface area contributed by atoms with Gasteiger partial charge in [0.15, 0.2) is 0 Å². The van der Waals surface area contributed by atoms with Crippen LogP contribution in [0.5, 0.6) is 5.75 Å². The summed E-state index contributed by atoms with van der Waals surface area (Å²) in [6.07, 6.45) is 3.75. The second kappa shape index (κ2) is 8.73. The maximum Gasteiger partial charge on any atom is 0.246 e. The van der Waals surface area contributed by atoms with Crippen LogP contribution in [0, 0.1) is 5.92 Å². The molecule has 1 aromatic carbocycles. The van der Waals surface area contributed by atoms with Gasteiger partial charge in [-0.3, -0.25) is 14.4 Å². The number of amides is 3. The zero-order valence-corrected chi connectivity index (χ0v) is 19.3. The normalized spacial score (nSPS) is 27.5. The van der Waals surface area contributed by atoms with E-state index in [4.69, 9.17) is 0 Å². The van der Waals surface area contributed by atoms with E-state index in [9.17, 15) is 19.5 Å². The molecular weight excluding hydrogens is 408 g/mol. The van der Waals surface area contributed by atoms with Crippen LogP contribution in [0.2, 0.25) is 0 Å². The number of nitrogens with one attached hydrogen (secondary N) is 1. The maximum absolute atomic E-state index is 13.4. The number of quaternary nitrogens is 1. The van der Waals surface area contributed by atoms with Crippen molar-refractivity contribution >= 4 is 17.7 Å². The number of unbranched alkanes of at least 4 members (excludes halogenated alkanes) is 1. The van der Waals surface area contributed by atoms with Crippen molar-refractivity contribution in [3.8, 4) is 5.75 Å². The Morgan fingerprint density at radius 3 is 2.50 bits per heavy atom. The number of phenolic OH excluding ortho intramolecular Hbond substituents is 1. The lowest BCUT2D eigenvalue weighted by Gasteiger charge is -2.41. The summed E-state index contributed by atoms with van der Waals surface area (Å²) in [6, 6.07) is 5.15. The topological polar surface area (TPSA) is 90.0 Å². The van der Waals surface area contributed by atoms with Gasteiger partial charge >= 0.3 is 0 Å². The molecule has 1 aromatic rings. The Balaban J connectivity index is 1.53. The van der Waals surface area contributed by atoms with Crippen molar-refractivity contribution in [2.75, 3.05) is 40.8 Å². The number of piperazine rings is 1. The average molecular weight is 444 g/mol. The zero-order valence-electron chi connectivity index (χ0n) is 19.3. The number of hydrogen-bond acceptors (Lipinski definition) is 4. The largest absolute Gasteiger partial charge is 0.508 e. The molecule has 0 saturated carbocycles. The van der Waals surface area contributed by atoms with E-state index in [2.05, 4.69) is 26.5 Å². The fourth-order valence-electron chi connectivity index (χ4n) is 5.40. The van der Waals surface area contributed by atoms with Crippen LogP contribution in [0.3, 0.4) is 0 Å². The second-order valence-electron chi connectivity index (χ2n) is 10.3. The summed E-state index contributed by atoms with van der Waals surface area (Å²) in [5, 5.41) is 12.8. The summed E-state index contributed by atoms with van der Waals surface area (Å²) in [7, 11) is 6.44. The van der Waals surface area contributed by atoms with Crippen molar-refractivity contribution in [3.63, 3.8) is 0 Å². The molecule has 4 atom stereocenters. The average Bonchev–Trinajstić information content (AvgIpc) is 3.37. The molecule has 3 fully saturated rings. The third-order valence-corrected chi connectivity index (χ3v) is 6.98. The molecule has 2 N–H and O–H groups in total. The molecule has 174 valence electrons. The molecule has 3 aliphatic heterocycles. The van der Waals surface area contributed by atoms with Crippen molar-refractivity contribution < 1.29 is 24.0 Å². The van der Waals surface area contributed by atoms with Crippen LogP contribution in [0.1, 0.15) is 43.7 Å². The Hall–Kier alpha value is -2.61. The summed E-state index contributed by atoms with van der Waals surface area (Å²) >= 11 is 0.